The Labute approximate surface area is 137 Å². The van der Waals surface area contributed by atoms with Gasteiger partial charge in [-0.05, 0) is 34.1 Å². The second kappa shape index (κ2) is 7.53. The van der Waals surface area contributed by atoms with Gasteiger partial charge in [-0.25, -0.2) is 4.89 Å². The molecular weight excluding hydrogens is 302 g/mol. The van der Waals surface area contributed by atoms with Crippen molar-refractivity contribution < 1.29 is 28.8 Å². The zero-order valence-electron chi connectivity index (χ0n) is 15.0. The van der Waals surface area contributed by atoms with Gasteiger partial charge in [0.15, 0.2) is 0 Å². The molecule has 0 fully saturated rings. The van der Waals surface area contributed by atoms with Crippen molar-refractivity contribution in [3.63, 3.8) is 0 Å². The van der Waals surface area contributed by atoms with Crippen LogP contribution in [0.1, 0.15) is 47.5 Å². The molecule has 0 bridgehead atoms. The van der Waals surface area contributed by atoms with Crippen molar-refractivity contribution in [1.82, 2.24) is 4.90 Å². The van der Waals surface area contributed by atoms with E-state index in [-0.39, 0.29) is 24.8 Å². The van der Waals surface area contributed by atoms with Gasteiger partial charge in [0.2, 0.25) is 0 Å². The fraction of sp³-hybridized carbons (Fsp3) is 0.750. The third kappa shape index (κ3) is 4.38. The standard InChI is InChI=1S/C16H27NO6/c1-8-15(4,5)22-23-16(20-6,21-7)9-10-17-13(18)11(2)12(3)14(17)19/h8-10H2,1-7H3. The topological polar surface area (TPSA) is 74.3 Å². The fourth-order valence-electron chi connectivity index (χ4n) is 1.90. The van der Waals surface area contributed by atoms with E-state index in [1.54, 1.807) is 13.8 Å². The molecule has 1 aliphatic heterocycles. The molecule has 132 valence electrons. The van der Waals surface area contributed by atoms with Gasteiger partial charge in [-0.1, -0.05) is 6.92 Å². The van der Waals surface area contributed by atoms with E-state index in [1.807, 2.05) is 20.8 Å². The molecule has 0 aromatic carbocycles. The van der Waals surface area contributed by atoms with Crippen molar-refractivity contribution in [3.05, 3.63) is 11.1 Å². The number of nitrogens with zero attached hydrogens (tertiary/aromatic N) is 1. The van der Waals surface area contributed by atoms with Gasteiger partial charge in [0.1, 0.15) is 0 Å². The van der Waals surface area contributed by atoms with Crippen LogP contribution in [0.15, 0.2) is 11.1 Å². The molecule has 0 spiro atoms. The molecule has 0 radical (unpaired) electrons. The Morgan fingerprint density at radius 3 is 1.83 bits per heavy atom. The molecule has 0 saturated carbocycles. The SMILES string of the molecule is CCC(C)(C)OOC(CCN1C(=O)C(C)=C(C)C1=O)(OC)OC. The molecule has 0 unspecified atom stereocenters. The highest BCUT2D eigenvalue weighted by molar-refractivity contribution is 6.18. The third-order valence-electron chi connectivity index (χ3n) is 4.20. The first-order chi connectivity index (χ1) is 10.6. The Kier molecular flexibility index (Phi) is 6.47. The Bertz CT molecular complexity index is 469. The van der Waals surface area contributed by atoms with Gasteiger partial charge in [-0.2, -0.15) is 4.89 Å². The van der Waals surface area contributed by atoms with Crippen LogP contribution >= 0.6 is 0 Å². The minimum Gasteiger partial charge on any atom is -0.329 e. The second-order valence-electron chi connectivity index (χ2n) is 6.13. The lowest BCUT2D eigenvalue weighted by Gasteiger charge is -2.33. The molecule has 0 atom stereocenters. The summed E-state index contributed by atoms with van der Waals surface area (Å²) >= 11 is 0. The predicted octanol–water partition coefficient (Wildman–Crippen LogP) is 2.17. The number of carbonyl (C=O) groups is 2. The molecular formula is C16H27NO6. The van der Waals surface area contributed by atoms with Gasteiger partial charge in [0.25, 0.3) is 11.8 Å². The summed E-state index contributed by atoms with van der Waals surface area (Å²) in [6.07, 6.45) is 0.847. The lowest BCUT2D eigenvalue weighted by molar-refractivity contribution is -0.522. The molecule has 2 amide bonds. The molecule has 0 N–H and O–H groups in total. The zero-order valence-corrected chi connectivity index (χ0v) is 15.0. The van der Waals surface area contributed by atoms with E-state index >= 15 is 0 Å². The van der Waals surface area contributed by atoms with Crippen molar-refractivity contribution in [2.24, 2.45) is 0 Å². The summed E-state index contributed by atoms with van der Waals surface area (Å²) in [5.74, 6) is -2.09. The molecule has 0 aromatic rings. The average Bonchev–Trinajstić information content (AvgIpc) is 2.72. The highest BCUT2D eigenvalue weighted by atomic mass is 17.3. The van der Waals surface area contributed by atoms with Crippen LogP contribution in [0.25, 0.3) is 0 Å². The predicted molar refractivity (Wildman–Crippen MR) is 83.0 cm³/mol. The molecule has 1 rings (SSSR count). The first kappa shape index (κ1) is 19.8. The summed E-state index contributed by atoms with van der Waals surface area (Å²) in [5.41, 5.74) is 0.399. The summed E-state index contributed by atoms with van der Waals surface area (Å²) in [4.78, 5) is 36.1. The summed E-state index contributed by atoms with van der Waals surface area (Å²) in [6, 6.07) is 0. The Hall–Kier alpha value is -1.28. The number of methoxy groups -OCH3 is 2. The van der Waals surface area contributed by atoms with Gasteiger partial charge in [0, 0.05) is 31.9 Å². The molecule has 23 heavy (non-hydrogen) atoms. The van der Waals surface area contributed by atoms with Crippen molar-refractivity contribution in [1.29, 1.82) is 0 Å². The summed E-state index contributed by atoms with van der Waals surface area (Å²) in [5, 5.41) is 0. The summed E-state index contributed by atoms with van der Waals surface area (Å²) < 4.78 is 10.6. The van der Waals surface area contributed by atoms with Crippen LogP contribution in [0.2, 0.25) is 0 Å². The summed E-state index contributed by atoms with van der Waals surface area (Å²) in [6.45, 7) is 9.07. The number of hydrogen-bond acceptors (Lipinski definition) is 6. The van der Waals surface area contributed by atoms with E-state index in [0.717, 1.165) is 11.3 Å². The lowest BCUT2D eigenvalue weighted by Crippen LogP contribution is -2.44. The number of amides is 2. The average molecular weight is 329 g/mol. The van der Waals surface area contributed by atoms with Crippen molar-refractivity contribution in [3.8, 4) is 0 Å². The number of carbonyl (C=O) groups excluding carboxylic acids is 2. The van der Waals surface area contributed by atoms with Gasteiger partial charge in [-0.3, -0.25) is 14.5 Å². The van der Waals surface area contributed by atoms with E-state index < -0.39 is 11.6 Å². The molecule has 0 aliphatic carbocycles. The van der Waals surface area contributed by atoms with Crippen molar-refractivity contribution >= 4 is 11.8 Å². The van der Waals surface area contributed by atoms with E-state index in [9.17, 15) is 9.59 Å². The molecule has 1 aliphatic rings. The Morgan fingerprint density at radius 1 is 0.957 bits per heavy atom. The maximum atomic E-state index is 12.1. The van der Waals surface area contributed by atoms with Crippen molar-refractivity contribution in [2.75, 3.05) is 20.8 Å². The monoisotopic (exact) mass is 329 g/mol. The van der Waals surface area contributed by atoms with Gasteiger partial charge in [0.05, 0.1) is 12.0 Å². The Morgan fingerprint density at radius 2 is 1.43 bits per heavy atom. The van der Waals surface area contributed by atoms with Gasteiger partial charge < -0.3 is 9.47 Å². The molecule has 1 heterocycles. The normalized spacial score (nSPS) is 16.7. The van der Waals surface area contributed by atoms with Crippen LogP contribution in [0.5, 0.6) is 0 Å². The second-order valence-corrected chi connectivity index (χ2v) is 6.13. The maximum absolute atomic E-state index is 12.1. The molecule has 0 saturated heterocycles. The summed E-state index contributed by atoms with van der Waals surface area (Å²) in [7, 11) is 2.82. The minimum absolute atomic E-state index is 0.101. The highest BCUT2D eigenvalue weighted by Crippen LogP contribution is 2.26. The first-order valence-corrected chi connectivity index (χ1v) is 7.64. The minimum atomic E-state index is -1.49. The fourth-order valence-corrected chi connectivity index (χ4v) is 1.90. The maximum Gasteiger partial charge on any atom is 0.313 e. The van der Waals surface area contributed by atoms with E-state index in [1.165, 1.54) is 14.2 Å². The van der Waals surface area contributed by atoms with Crippen LogP contribution in [-0.2, 0) is 28.8 Å². The van der Waals surface area contributed by atoms with E-state index in [2.05, 4.69) is 0 Å². The highest BCUT2D eigenvalue weighted by Gasteiger charge is 2.39. The van der Waals surface area contributed by atoms with Crippen LogP contribution in [0.3, 0.4) is 0 Å². The van der Waals surface area contributed by atoms with Crippen molar-refractivity contribution in [2.45, 2.75) is 59.0 Å². The first-order valence-electron chi connectivity index (χ1n) is 7.64. The van der Waals surface area contributed by atoms with Crippen LogP contribution in [-0.4, -0.2) is 49.1 Å². The smallest absolute Gasteiger partial charge is 0.313 e. The largest absolute Gasteiger partial charge is 0.329 e. The third-order valence-corrected chi connectivity index (χ3v) is 4.20. The van der Waals surface area contributed by atoms with Crippen LogP contribution in [0.4, 0.5) is 0 Å². The van der Waals surface area contributed by atoms with E-state index in [4.69, 9.17) is 19.2 Å². The van der Waals surface area contributed by atoms with Crippen LogP contribution < -0.4 is 0 Å². The van der Waals surface area contributed by atoms with Gasteiger partial charge in [-0.15, -0.1) is 0 Å². The molecule has 7 heteroatoms. The quantitative estimate of drug-likeness (QED) is 0.279. The Balaban J connectivity index is 2.74. The number of ether oxygens (including phenoxy) is 2. The van der Waals surface area contributed by atoms with Gasteiger partial charge >= 0.3 is 5.97 Å². The molecule has 7 nitrogen and oxygen atoms in total. The number of hydrogen-bond donors (Lipinski definition) is 0. The van der Waals surface area contributed by atoms with Crippen LogP contribution in [0, 0.1) is 0 Å². The number of imide groups is 1. The molecule has 0 aromatic heterocycles. The number of rotatable bonds is 9. The zero-order chi connectivity index (χ0) is 17.8. The lowest BCUT2D eigenvalue weighted by atomic mass is 10.1. The van der Waals surface area contributed by atoms with E-state index in [0.29, 0.717) is 11.1 Å².